The second-order valence-corrected chi connectivity index (χ2v) is 4.35. The fourth-order valence-corrected chi connectivity index (χ4v) is 1.97. The number of aromatic nitrogens is 2. The number of benzene rings is 1. The molecular formula is C11H7ClF3N3O2. The summed E-state index contributed by atoms with van der Waals surface area (Å²) in [7, 11) is 0. The van der Waals surface area contributed by atoms with Gasteiger partial charge >= 0.3 is 11.9 Å². The first kappa shape index (κ1) is 14.3. The molecular weight excluding hydrogens is 299 g/mol. The number of alkyl halides is 3. The van der Waals surface area contributed by atoms with Crippen LogP contribution in [0.5, 0.6) is 0 Å². The van der Waals surface area contributed by atoms with Gasteiger partial charge in [0.05, 0.1) is 10.6 Å². The fraction of sp³-hybridized carbons (Fsp3) is 0.182. The van der Waals surface area contributed by atoms with Gasteiger partial charge in [-0.05, 0) is 24.6 Å². The Morgan fingerprint density at radius 1 is 1.40 bits per heavy atom. The molecule has 0 atom stereocenters. The van der Waals surface area contributed by atoms with E-state index in [9.17, 15) is 23.3 Å². The van der Waals surface area contributed by atoms with Gasteiger partial charge in [0.2, 0.25) is 10.8 Å². The number of hydrogen-bond acceptors (Lipinski definition) is 3. The van der Waals surface area contributed by atoms with Crippen molar-refractivity contribution in [2.75, 3.05) is 0 Å². The van der Waals surface area contributed by atoms with Gasteiger partial charge in [0.25, 0.3) is 0 Å². The van der Waals surface area contributed by atoms with E-state index < -0.39 is 27.6 Å². The lowest BCUT2D eigenvalue weighted by atomic mass is 10.2. The standard InChI is InChI=1S/C11H7ClF3N3O2/c1-6-3-2-4-7(5-6)17-10(12)8(18(19)20)9(16-17)11(13,14)15/h2-5H,1H3. The maximum absolute atomic E-state index is 12.8. The maximum Gasteiger partial charge on any atom is 0.442 e. The average molecular weight is 306 g/mol. The van der Waals surface area contributed by atoms with E-state index in [-0.39, 0.29) is 5.69 Å². The van der Waals surface area contributed by atoms with Crippen molar-refractivity contribution in [3.8, 4) is 5.69 Å². The first-order valence-corrected chi connectivity index (χ1v) is 5.66. The summed E-state index contributed by atoms with van der Waals surface area (Å²) >= 11 is 5.68. The number of hydrogen-bond donors (Lipinski definition) is 0. The van der Waals surface area contributed by atoms with Crippen molar-refractivity contribution in [3.05, 3.63) is 50.8 Å². The SMILES string of the molecule is Cc1cccc(-n2nc(C(F)(F)F)c([N+](=O)[O-])c2Cl)c1. The maximum atomic E-state index is 12.8. The molecule has 9 heteroatoms. The normalized spacial score (nSPS) is 11.7. The summed E-state index contributed by atoms with van der Waals surface area (Å²) in [5, 5.41) is 13.3. The average Bonchev–Trinajstić information content (AvgIpc) is 2.66. The van der Waals surface area contributed by atoms with Crippen molar-refractivity contribution in [2.24, 2.45) is 0 Å². The van der Waals surface area contributed by atoms with E-state index in [4.69, 9.17) is 11.6 Å². The molecule has 2 rings (SSSR count). The third kappa shape index (κ3) is 2.46. The third-order valence-corrected chi connectivity index (χ3v) is 2.84. The highest BCUT2D eigenvalue weighted by molar-refractivity contribution is 6.32. The molecule has 0 aliphatic rings. The van der Waals surface area contributed by atoms with Gasteiger partial charge in [-0.2, -0.15) is 18.3 Å². The van der Waals surface area contributed by atoms with Gasteiger partial charge in [-0.25, -0.2) is 4.68 Å². The Morgan fingerprint density at radius 3 is 2.50 bits per heavy atom. The monoisotopic (exact) mass is 305 g/mol. The highest BCUT2D eigenvalue weighted by Gasteiger charge is 2.45. The van der Waals surface area contributed by atoms with E-state index in [1.165, 1.54) is 12.1 Å². The Balaban J connectivity index is 2.71. The fourth-order valence-electron chi connectivity index (χ4n) is 1.67. The Kier molecular flexibility index (Phi) is 3.43. The Hall–Kier alpha value is -2.09. The molecule has 1 aromatic heterocycles. The zero-order chi connectivity index (χ0) is 15.1. The molecule has 0 aliphatic heterocycles. The molecule has 0 unspecified atom stereocenters. The predicted octanol–water partition coefficient (Wildman–Crippen LogP) is 3.76. The molecule has 0 saturated carbocycles. The van der Waals surface area contributed by atoms with Gasteiger partial charge in [0, 0.05) is 0 Å². The predicted molar refractivity (Wildman–Crippen MR) is 65.0 cm³/mol. The van der Waals surface area contributed by atoms with Gasteiger partial charge in [-0.3, -0.25) is 10.1 Å². The molecule has 0 bridgehead atoms. The first-order chi connectivity index (χ1) is 9.21. The molecule has 0 amide bonds. The molecule has 1 heterocycles. The van der Waals surface area contributed by atoms with Crippen LogP contribution in [0.4, 0.5) is 18.9 Å². The van der Waals surface area contributed by atoms with Crippen LogP contribution in [-0.2, 0) is 6.18 Å². The molecule has 20 heavy (non-hydrogen) atoms. The largest absolute Gasteiger partial charge is 0.442 e. The minimum atomic E-state index is -4.96. The van der Waals surface area contributed by atoms with Gasteiger partial charge < -0.3 is 0 Å². The molecule has 0 radical (unpaired) electrons. The molecule has 0 fully saturated rings. The third-order valence-electron chi connectivity index (χ3n) is 2.50. The molecule has 0 N–H and O–H groups in total. The lowest BCUT2D eigenvalue weighted by Crippen LogP contribution is -2.09. The van der Waals surface area contributed by atoms with Gasteiger partial charge in [-0.15, -0.1) is 0 Å². The summed E-state index contributed by atoms with van der Waals surface area (Å²) in [6.45, 7) is 1.72. The second-order valence-electron chi connectivity index (χ2n) is 3.99. The summed E-state index contributed by atoms with van der Waals surface area (Å²) in [4.78, 5) is 9.58. The second kappa shape index (κ2) is 4.78. The minimum absolute atomic E-state index is 0.216. The Morgan fingerprint density at radius 2 is 2.05 bits per heavy atom. The Bertz CT molecular complexity index is 682. The van der Waals surface area contributed by atoms with Crippen LogP contribution in [-0.4, -0.2) is 14.7 Å². The topological polar surface area (TPSA) is 61.0 Å². The number of nitro groups is 1. The van der Waals surface area contributed by atoms with Crippen LogP contribution in [0.25, 0.3) is 5.69 Å². The summed E-state index contributed by atoms with van der Waals surface area (Å²) in [6, 6.07) is 6.28. The van der Waals surface area contributed by atoms with E-state index in [1.54, 1.807) is 19.1 Å². The van der Waals surface area contributed by atoms with Crippen LogP contribution >= 0.6 is 11.6 Å². The Labute approximate surface area is 115 Å². The van der Waals surface area contributed by atoms with E-state index in [1.807, 2.05) is 0 Å². The van der Waals surface area contributed by atoms with Gasteiger partial charge in [0.15, 0.2) is 0 Å². The van der Waals surface area contributed by atoms with Crippen molar-refractivity contribution in [3.63, 3.8) is 0 Å². The van der Waals surface area contributed by atoms with Crippen LogP contribution < -0.4 is 0 Å². The highest BCUT2D eigenvalue weighted by atomic mass is 35.5. The lowest BCUT2D eigenvalue weighted by molar-refractivity contribution is -0.388. The van der Waals surface area contributed by atoms with E-state index in [0.717, 1.165) is 5.56 Å². The van der Waals surface area contributed by atoms with E-state index >= 15 is 0 Å². The highest BCUT2D eigenvalue weighted by Crippen LogP contribution is 2.40. The molecule has 2 aromatic rings. The number of aryl methyl sites for hydroxylation is 1. The summed E-state index contributed by atoms with van der Waals surface area (Å²) in [5.74, 6) is 0. The zero-order valence-corrected chi connectivity index (χ0v) is 10.7. The van der Waals surface area contributed by atoms with Crippen molar-refractivity contribution < 1.29 is 18.1 Å². The first-order valence-electron chi connectivity index (χ1n) is 5.29. The van der Waals surface area contributed by atoms with Crippen LogP contribution in [0.3, 0.4) is 0 Å². The smallest absolute Gasteiger partial charge is 0.258 e. The molecule has 1 aromatic carbocycles. The molecule has 0 saturated heterocycles. The van der Waals surface area contributed by atoms with Crippen LogP contribution in [0.15, 0.2) is 24.3 Å². The van der Waals surface area contributed by atoms with Crippen LogP contribution in [0, 0.1) is 17.0 Å². The molecule has 0 spiro atoms. The minimum Gasteiger partial charge on any atom is -0.258 e. The molecule has 0 aliphatic carbocycles. The quantitative estimate of drug-likeness (QED) is 0.627. The van der Waals surface area contributed by atoms with Gasteiger partial charge in [0.1, 0.15) is 0 Å². The molecule has 106 valence electrons. The van der Waals surface area contributed by atoms with Gasteiger partial charge in [-0.1, -0.05) is 23.7 Å². The van der Waals surface area contributed by atoms with Crippen molar-refractivity contribution in [1.29, 1.82) is 0 Å². The van der Waals surface area contributed by atoms with E-state index in [2.05, 4.69) is 5.10 Å². The van der Waals surface area contributed by atoms with Crippen molar-refractivity contribution in [2.45, 2.75) is 13.1 Å². The number of halogens is 4. The van der Waals surface area contributed by atoms with Crippen molar-refractivity contribution in [1.82, 2.24) is 9.78 Å². The number of rotatable bonds is 2. The lowest BCUT2D eigenvalue weighted by Gasteiger charge is -2.03. The summed E-state index contributed by atoms with van der Waals surface area (Å²) in [6.07, 6.45) is -4.96. The van der Waals surface area contributed by atoms with Crippen LogP contribution in [0.2, 0.25) is 5.15 Å². The number of nitrogens with zero attached hydrogens (tertiary/aromatic N) is 3. The van der Waals surface area contributed by atoms with Crippen LogP contribution in [0.1, 0.15) is 11.3 Å². The molecule has 5 nitrogen and oxygen atoms in total. The van der Waals surface area contributed by atoms with E-state index in [0.29, 0.717) is 4.68 Å². The summed E-state index contributed by atoms with van der Waals surface area (Å²) in [5.41, 5.74) is -1.89. The van der Waals surface area contributed by atoms with Crippen molar-refractivity contribution >= 4 is 17.3 Å². The summed E-state index contributed by atoms with van der Waals surface area (Å²) < 4.78 is 39.0. The zero-order valence-electron chi connectivity index (χ0n) is 9.98.